The van der Waals surface area contributed by atoms with E-state index in [1.807, 2.05) is 0 Å². The number of aliphatic hydroxyl groups is 1. The molecule has 0 radical (unpaired) electrons. The molecule has 1 aromatic carbocycles. The van der Waals surface area contributed by atoms with E-state index in [1.165, 1.54) is 17.4 Å². The lowest BCUT2D eigenvalue weighted by Crippen LogP contribution is -2.13. The fraction of sp³-hybridized carbons (Fsp3) is 0.0909. The van der Waals surface area contributed by atoms with Crippen molar-refractivity contribution in [3.63, 3.8) is 0 Å². The molecule has 0 bridgehead atoms. The van der Waals surface area contributed by atoms with Gasteiger partial charge < -0.3 is 5.11 Å². The van der Waals surface area contributed by atoms with Crippen LogP contribution in [0.5, 0.6) is 0 Å². The zero-order chi connectivity index (χ0) is 13.2. The summed E-state index contributed by atoms with van der Waals surface area (Å²) < 4.78 is 27.5. The minimum Gasteiger partial charge on any atom is -0.391 e. The summed E-state index contributed by atoms with van der Waals surface area (Å²) in [5.74, 6) is 0. The van der Waals surface area contributed by atoms with Gasteiger partial charge in [0.15, 0.2) is 0 Å². The van der Waals surface area contributed by atoms with Crippen LogP contribution in [0.2, 0.25) is 0 Å². The normalized spacial score (nSPS) is 11.4. The van der Waals surface area contributed by atoms with Gasteiger partial charge >= 0.3 is 0 Å². The number of anilines is 1. The average Bonchev–Trinajstić information content (AvgIpc) is 2.81. The van der Waals surface area contributed by atoms with Crippen molar-refractivity contribution in [2.24, 2.45) is 0 Å². The second-order valence-electron chi connectivity index (χ2n) is 3.48. The summed E-state index contributed by atoms with van der Waals surface area (Å²) in [4.78, 5) is 0.553. The molecule has 2 N–H and O–H groups in total. The summed E-state index contributed by atoms with van der Waals surface area (Å²) >= 11 is 4.49. The number of rotatable bonds is 4. The first-order valence-electron chi connectivity index (χ1n) is 4.98. The van der Waals surface area contributed by atoms with E-state index in [1.54, 1.807) is 29.6 Å². The number of aliphatic hydroxyl groups excluding tert-OH is 1. The van der Waals surface area contributed by atoms with E-state index in [0.29, 0.717) is 10.6 Å². The van der Waals surface area contributed by atoms with Crippen LogP contribution in [0.3, 0.4) is 0 Å². The molecule has 0 spiro atoms. The molecule has 18 heavy (non-hydrogen) atoms. The van der Waals surface area contributed by atoms with E-state index >= 15 is 0 Å². The third-order valence-electron chi connectivity index (χ3n) is 2.23. The monoisotopic (exact) mass is 347 g/mol. The number of thiophene rings is 1. The van der Waals surface area contributed by atoms with Crippen LogP contribution >= 0.6 is 27.3 Å². The summed E-state index contributed by atoms with van der Waals surface area (Å²) in [6.45, 7) is -0.283. The minimum absolute atomic E-state index is 0.123. The van der Waals surface area contributed by atoms with Gasteiger partial charge in [-0.25, -0.2) is 8.42 Å². The Kier molecular flexibility index (Phi) is 4.06. The van der Waals surface area contributed by atoms with E-state index in [4.69, 9.17) is 5.11 Å². The Morgan fingerprint density at radius 3 is 2.50 bits per heavy atom. The van der Waals surface area contributed by atoms with Crippen LogP contribution in [0.15, 0.2) is 45.1 Å². The van der Waals surface area contributed by atoms with Crippen molar-refractivity contribution < 1.29 is 13.5 Å². The van der Waals surface area contributed by atoms with Crippen LogP contribution in [-0.4, -0.2) is 13.5 Å². The topological polar surface area (TPSA) is 66.4 Å². The maximum atomic E-state index is 12.1. The molecule has 2 rings (SSSR count). The van der Waals surface area contributed by atoms with Crippen molar-refractivity contribution in [1.29, 1.82) is 0 Å². The average molecular weight is 348 g/mol. The number of sulfonamides is 1. The van der Waals surface area contributed by atoms with Gasteiger partial charge in [0.05, 0.1) is 11.5 Å². The summed E-state index contributed by atoms with van der Waals surface area (Å²) in [6, 6.07) is 8.30. The Morgan fingerprint density at radius 2 is 1.89 bits per heavy atom. The highest BCUT2D eigenvalue weighted by molar-refractivity contribution is 9.10. The fourth-order valence-electron chi connectivity index (χ4n) is 1.41. The SMILES string of the molecule is O=S(=O)(Nc1ccc(Br)cc1)c1ccsc1CO. The van der Waals surface area contributed by atoms with E-state index < -0.39 is 10.0 Å². The molecule has 1 heterocycles. The number of hydrogen-bond acceptors (Lipinski definition) is 4. The third-order valence-corrected chi connectivity index (χ3v) is 5.26. The molecule has 7 heteroatoms. The maximum absolute atomic E-state index is 12.1. The lowest BCUT2D eigenvalue weighted by Gasteiger charge is -2.08. The second-order valence-corrected chi connectivity index (χ2v) is 7.05. The van der Waals surface area contributed by atoms with Gasteiger partial charge in [-0.15, -0.1) is 11.3 Å². The van der Waals surface area contributed by atoms with Crippen molar-refractivity contribution in [2.45, 2.75) is 11.5 Å². The Hall–Kier alpha value is -0.890. The molecule has 0 unspecified atom stereocenters. The minimum atomic E-state index is -3.64. The van der Waals surface area contributed by atoms with Gasteiger partial charge in [0.1, 0.15) is 4.90 Å². The summed E-state index contributed by atoms with van der Waals surface area (Å²) in [7, 11) is -3.64. The van der Waals surface area contributed by atoms with Crippen molar-refractivity contribution in [2.75, 3.05) is 4.72 Å². The van der Waals surface area contributed by atoms with Gasteiger partial charge in [0.2, 0.25) is 0 Å². The maximum Gasteiger partial charge on any atom is 0.263 e. The van der Waals surface area contributed by atoms with Crippen molar-refractivity contribution in [3.05, 3.63) is 45.1 Å². The Bertz CT molecular complexity index is 635. The highest BCUT2D eigenvalue weighted by Crippen LogP contribution is 2.24. The molecule has 0 aliphatic rings. The largest absolute Gasteiger partial charge is 0.391 e. The zero-order valence-electron chi connectivity index (χ0n) is 9.13. The zero-order valence-corrected chi connectivity index (χ0v) is 12.3. The lowest BCUT2D eigenvalue weighted by molar-refractivity contribution is 0.282. The lowest BCUT2D eigenvalue weighted by atomic mass is 10.3. The highest BCUT2D eigenvalue weighted by atomic mass is 79.9. The first-order valence-corrected chi connectivity index (χ1v) is 8.14. The molecular weight excluding hydrogens is 338 g/mol. The van der Waals surface area contributed by atoms with Crippen LogP contribution < -0.4 is 4.72 Å². The Labute approximate surface area is 117 Å². The van der Waals surface area contributed by atoms with E-state index in [0.717, 1.165) is 4.47 Å². The Balaban J connectivity index is 2.30. The Morgan fingerprint density at radius 1 is 1.22 bits per heavy atom. The van der Waals surface area contributed by atoms with Gasteiger partial charge in [-0.2, -0.15) is 0 Å². The molecule has 4 nitrogen and oxygen atoms in total. The molecule has 2 aromatic rings. The fourth-order valence-corrected chi connectivity index (χ4v) is 4.03. The molecule has 0 saturated carbocycles. The molecule has 0 saturated heterocycles. The molecular formula is C11H10BrNO3S2. The third kappa shape index (κ3) is 2.92. The van der Waals surface area contributed by atoms with Crippen molar-refractivity contribution in [3.8, 4) is 0 Å². The summed E-state index contributed by atoms with van der Waals surface area (Å²) in [5.41, 5.74) is 0.480. The van der Waals surface area contributed by atoms with Gasteiger partial charge in [-0.05, 0) is 35.7 Å². The van der Waals surface area contributed by atoms with Crippen molar-refractivity contribution in [1.82, 2.24) is 0 Å². The quantitative estimate of drug-likeness (QED) is 0.893. The van der Waals surface area contributed by atoms with E-state index in [2.05, 4.69) is 20.7 Å². The summed E-state index contributed by atoms with van der Waals surface area (Å²) in [6.07, 6.45) is 0. The van der Waals surface area contributed by atoms with Crippen LogP contribution in [-0.2, 0) is 16.6 Å². The van der Waals surface area contributed by atoms with E-state index in [9.17, 15) is 8.42 Å². The number of hydrogen-bond donors (Lipinski definition) is 2. The summed E-state index contributed by atoms with van der Waals surface area (Å²) in [5, 5.41) is 10.7. The number of nitrogens with one attached hydrogen (secondary N) is 1. The van der Waals surface area contributed by atoms with Crippen LogP contribution in [0.1, 0.15) is 4.88 Å². The first kappa shape index (κ1) is 13.5. The molecule has 0 aliphatic carbocycles. The standard InChI is InChI=1S/C11H10BrNO3S2/c12-8-1-3-9(4-2-8)13-18(15,16)11-5-6-17-10(11)7-14/h1-6,13-14H,7H2. The van der Waals surface area contributed by atoms with Crippen LogP contribution in [0.25, 0.3) is 0 Å². The molecule has 0 aliphatic heterocycles. The predicted molar refractivity (Wildman–Crippen MR) is 75.2 cm³/mol. The number of halogens is 1. The van der Waals surface area contributed by atoms with Crippen LogP contribution in [0, 0.1) is 0 Å². The van der Waals surface area contributed by atoms with Crippen molar-refractivity contribution >= 4 is 43.0 Å². The first-order chi connectivity index (χ1) is 8.53. The van der Waals surface area contributed by atoms with Gasteiger partial charge in [0, 0.05) is 10.2 Å². The second kappa shape index (κ2) is 5.40. The van der Waals surface area contributed by atoms with Gasteiger partial charge in [0.25, 0.3) is 10.0 Å². The van der Waals surface area contributed by atoms with Gasteiger partial charge in [-0.1, -0.05) is 15.9 Å². The molecule has 96 valence electrons. The molecule has 0 fully saturated rings. The smallest absolute Gasteiger partial charge is 0.263 e. The van der Waals surface area contributed by atoms with E-state index in [-0.39, 0.29) is 11.5 Å². The molecule has 1 aromatic heterocycles. The highest BCUT2D eigenvalue weighted by Gasteiger charge is 2.19. The van der Waals surface area contributed by atoms with Crippen LogP contribution in [0.4, 0.5) is 5.69 Å². The number of benzene rings is 1. The predicted octanol–water partition coefficient (Wildman–Crippen LogP) is 2.80. The van der Waals surface area contributed by atoms with Gasteiger partial charge in [-0.3, -0.25) is 4.72 Å². The molecule has 0 atom stereocenters. The molecule has 0 amide bonds.